The average molecular weight is 165 g/mol. The summed E-state index contributed by atoms with van der Waals surface area (Å²) in [6.07, 6.45) is 5.98. The van der Waals surface area contributed by atoms with Gasteiger partial charge in [-0.3, -0.25) is 0 Å². The van der Waals surface area contributed by atoms with Crippen molar-refractivity contribution in [3.05, 3.63) is 36.7 Å². The van der Waals surface area contributed by atoms with Crippen molar-refractivity contribution in [3.63, 3.8) is 0 Å². The van der Waals surface area contributed by atoms with Gasteiger partial charge in [0.05, 0.1) is 0 Å². The zero-order chi connectivity index (χ0) is 9.56. The van der Waals surface area contributed by atoms with E-state index in [9.17, 15) is 0 Å². The van der Waals surface area contributed by atoms with Crippen molar-refractivity contribution in [1.29, 1.82) is 0 Å². The summed E-state index contributed by atoms with van der Waals surface area (Å²) in [4.78, 5) is 2.06. The molecule has 0 aromatic rings. The van der Waals surface area contributed by atoms with Gasteiger partial charge < -0.3 is 4.90 Å². The fraction of sp³-hybridized carbons (Fsp3) is 0.455. The smallest absolute Gasteiger partial charge is 0.0109 e. The summed E-state index contributed by atoms with van der Waals surface area (Å²) in [6, 6.07) is 0. The molecule has 0 aliphatic rings. The minimum Gasteiger partial charge on any atom is -0.355 e. The summed E-state index contributed by atoms with van der Waals surface area (Å²) < 4.78 is 0. The lowest BCUT2D eigenvalue weighted by Gasteiger charge is -2.16. The molecule has 1 nitrogen and oxygen atoms in total. The maximum atomic E-state index is 3.94. The van der Waals surface area contributed by atoms with E-state index in [1.54, 1.807) is 0 Å². The van der Waals surface area contributed by atoms with Gasteiger partial charge in [0.2, 0.25) is 0 Å². The first-order valence-corrected chi connectivity index (χ1v) is 4.39. The predicted molar refractivity (Wildman–Crippen MR) is 55.8 cm³/mol. The van der Waals surface area contributed by atoms with Crippen molar-refractivity contribution in [3.8, 4) is 0 Å². The third-order valence-corrected chi connectivity index (χ3v) is 1.94. The Labute approximate surface area is 76.1 Å². The molecule has 0 spiro atoms. The topological polar surface area (TPSA) is 3.24 Å². The summed E-state index contributed by atoms with van der Waals surface area (Å²) in [5, 5.41) is 0. The van der Waals surface area contributed by atoms with Gasteiger partial charge in [-0.05, 0) is 18.4 Å². The molecule has 68 valence electrons. The fourth-order valence-corrected chi connectivity index (χ4v) is 0.878. The standard InChI is InChI=1S/C11H19N/c1-6-10(4)12(5)9-11(7-2)8-3/h7,9H,2,4,6,8H2,1,3,5H3/b11-9+. The van der Waals surface area contributed by atoms with Crippen molar-refractivity contribution >= 4 is 0 Å². The third-order valence-electron chi connectivity index (χ3n) is 1.94. The van der Waals surface area contributed by atoms with Crippen molar-refractivity contribution in [2.45, 2.75) is 26.7 Å². The highest BCUT2D eigenvalue weighted by Crippen LogP contribution is 2.08. The van der Waals surface area contributed by atoms with E-state index in [-0.39, 0.29) is 0 Å². The first-order chi connectivity index (χ1) is 5.65. The van der Waals surface area contributed by atoms with Gasteiger partial charge in [0, 0.05) is 18.9 Å². The molecule has 0 aromatic carbocycles. The highest BCUT2D eigenvalue weighted by molar-refractivity contribution is 5.16. The molecule has 0 bridgehead atoms. The van der Waals surface area contributed by atoms with E-state index in [0.717, 1.165) is 18.5 Å². The maximum Gasteiger partial charge on any atom is 0.0109 e. The molecular weight excluding hydrogens is 146 g/mol. The number of nitrogens with zero attached hydrogens (tertiary/aromatic N) is 1. The normalized spacial score (nSPS) is 11.1. The molecule has 0 atom stereocenters. The van der Waals surface area contributed by atoms with Crippen molar-refractivity contribution < 1.29 is 0 Å². The molecule has 0 saturated carbocycles. The average Bonchev–Trinajstić information content (AvgIpc) is 2.12. The van der Waals surface area contributed by atoms with E-state index < -0.39 is 0 Å². The molecule has 0 N–H and O–H groups in total. The Balaban J connectivity index is 4.29. The third kappa shape index (κ3) is 3.42. The van der Waals surface area contributed by atoms with Gasteiger partial charge in [0.1, 0.15) is 0 Å². The maximum absolute atomic E-state index is 3.94. The van der Waals surface area contributed by atoms with Crippen LogP contribution >= 0.6 is 0 Å². The Morgan fingerprint density at radius 2 is 1.92 bits per heavy atom. The van der Waals surface area contributed by atoms with Crippen LogP contribution in [-0.2, 0) is 0 Å². The monoisotopic (exact) mass is 165 g/mol. The molecule has 0 rings (SSSR count). The summed E-state index contributed by atoms with van der Waals surface area (Å²) in [6.45, 7) is 11.9. The molecule has 0 aliphatic carbocycles. The molecular formula is C11H19N. The van der Waals surface area contributed by atoms with Crippen LogP contribution in [0.3, 0.4) is 0 Å². The molecule has 0 unspecified atom stereocenters. The van der Waals surface area contributed by atoms with Crippen molar-refractivity contribution in [2.24, 2.45) is 0 Å². The summed E-state index contributed by atoms with van der Waals surface area (Å²) >= 11 is 0. The van der Waals surface area contributed by atoms with Crippen LogP contribution in [0.4, 0.5) is 0 Å². The van der Waals surface area contributed by atoms with E-state index in [4.69, 9.17) is 0 Å². The second-order valence-corrected chi connectivity index (χ2v) is 2.79. The van der Waals surface area contributed by atoms with Crippen LogP contribution in [0, 0.1) is 0 Å². The molecule has 0 heterocycles. The summed E-state index contributed by atoms with van der Waals surface area (Å²) in [5.41, 5.74) is 2.37. The Hall–Kier alpha value is -0.980. The Kier molecular flexibility index (Phi) is 5.18. The van der Waals surface area contributed by atoms with Gasteiger partial charge in [-0.2, -0.15) is 0 Å². The number of hydrogen-bond donors (Lipinski definition) is 0. The van der Waals surface area contributed by atoms with Crippen LogP contribution in [0.5, 0.6) is 0 Å². The second-order valence-electron chi connectivity index (χ2n) is 2.79. The number of allylic oxidation sites excluding steroid dienone is 3. The van der Waals surface area contributed by atoms with Crippen LogP contribution in [0.1, 0.15) is 26.7 Å². The van der Waals surface area contributed by atoms with E-state index >= 15 is 0 Å². The first-order valence-electron chi connectivity index (χ1n) is 4.39. The molecule has 0 aliphatic heterocycles. The quantitative estimate of drug-likeness (QED) is 0.565. The van der Waals surface area contributed by atoms with Gasteiger partial charge in [-0.15, -0.1) is 0 Å². The van der Waals surface area contributed by atoms with Crippen LogP contribution in [0.25, 0.3) is 0 Å². The van der Waals surface area contributed by atoms with Gasteiger partial charge >= 0.3 is 0 Å². The van der Waals surface area contributed by atoms with Crippen LogP contribution in [-0.4, -0.2) is 11.9 Å². The van der Waals surface area contributed by atoms with Gasteiger partial charge in [-0.1, -0.05) is 33.1 Å². The van der Waals surface area contributed by atoms with Crippen LogP contribution < -0.4 is 0 Å². The predicted octanol–water partition coefficient (Wildman–Crippen LogP) is 3.32. The largest absolute Gasteiger partial charge is 0.355 e. The van der Waals surface area contributed by atoms with Gasteiger partial charge in [-0.25, -0.2) is 0 Å². The highest BCUT2D eigenvalue weighted by atomic mass is 15.1. The lowest BCUT2D eigenvalue weighted by molar-refractivity contribution is 0.544. The lowest BCUT2D eigenvalue weighted by atomic mass is 10.2. The molecule has 0 radical (unpaired) electrons. The number of rotatable bonds is 5. The van der Waals surface area contributed by atoms with Gasteiger partial charge in [0.15, 0.2) is 0 Å². The van der Waals surface area contributed by atoms with Crippen molar-refractivity contribution in [2.75, 3.05) is 7.05 Å². The zero-order valence-corrected chi connectivity index (χ0v) is 8.43. The van der Waals surface area contributed by atoms with Crippen LogP contribution in [0.2, 0.25) is 0 Å². The summed E-state index contributed by atoms with van der Waals surface area (Å²) in [7, 11) is 2.02. The van der Waals surface area contributed by atoms with Gasteiger partial charge in [0.25, 0.3) is 0 Å². The van der Waals surface area contributed by atoms with E-state index in [2.05, 4.69) is 38.1 Å². The molecule has 0 fully saturated rings. The fourth-order valence-electron chi connectivity index (χ4n) is 0.878. The molecule has 0 saturated heterocycles. The Morgan fingerprint density at radius 1 is 1.33 bits per heavy atom. The van der Waals surface area contributed by atoms with E-state index in [0.29, 0.717) is 0 Å². The van der Waals surface area contributed by atoms with Crippen LogP contribution in [0.15, 0.2) is 36.7 Å². The lowest BCUT2D eigenvalue weighted by Crippen LogP contribution is -2.08. The van der Waals surface area contributed by atoms with E-state index in [1.165, 1.54) is 5.57 Å². The van der Waals surface area contributed by atoms with Crippen molar-refractivity contribution in [1.82, 2.24) is 4.90 Å². The Morgan fingerprint density at radius 3 is 2.25 bits per heavy atom. The van der Waals surface area contributed by atoms with E-state index in [1.807, 2.05) is 13.1 Å². The minimum atomic E-state index is 0.987. The minimum absolute atomic E-state index is 0.987. The molecule has 0 amide bonds. The summed E-state index contributed by atoms with van der Waals surface area (Å²) in [5.74, 6) is 0. The SMILES string of the molecule is C=C/C(=C\N(C)C(=C)CC)CC. The second kappa shape index (κ2) is 5.64. The highest BCUT2D eigenvalue weighted by Gasteiger charge is 1.95. The number of hydrogen-bond acceptors (Lipinski definition) is 1. The molecule has 0 aromatic heterocycles. The first kappa shape index (κ1) is 11.0. The zero-order valence-electron chi connectivity index (χ0n) is 8.43. The molecule has 12 heavy (non-hydrogen) atoms. The molecule has 1 heteroatoms. The Bertz CT molecular complexity index is 189.